The van der Waals surface area contributed by atoms with E-state index in [2.05, 4.69) is 20.7 Å². The number of hydrogen-bond donors (Lipinski definition) is 1. The van der Waals surface area contributed by atoms with Crippen LogP contribution in [-0.4, -0.2) is 39.2 Å². The molecular weight excluding hydrogens is 470 g/mol. The van der Waals surface area contributed by atoms with Gasteiger partial charge < -0.3 is 4.74 Å². The molecule has 9 heteroatoms. The van der Waals surface area contributed by atoms with Crippen molar-refractivity contribution >= 4 is 35.5 Å². The number of halogens is 1. The molecule has 0 aliphatic carbocycles. The van der Waals surface area contributed by atoms with E-state index in [9.17, 15) is 4.79 Å². The van der Waals surface area contributed by atoms with Crippen LogP contribution < -0.4 is 10.2 Å². The van der Waals surface area contributed by atoms with Crippen LogP contribution in [-0.2, 0) is 4.79 Å². The first-order chi connectivity index (χ1) is 16.6. The van der Waals surface area contributed by atoms with Gasteiger partial charge >= 0.3 is 0 Å². The van der Waals surface area contributed by atoms with Crippen molar-refractivity contribution in [1.29, 1.82) is 0 Å². The summed E-state index contributed by atoms with van der Waals surface area (Å²) in [6.07, 6.45) is 1.59. The van der Waals surface area contributed by atoms with Crippen LogP contribution in [0.3, 0.4) is 0 Å². The van der Waals surface area contributed by atoms with Crippen LogP contribution in [0, 0.1) is 0 Å². The zero-order chi connectivity index (χ0) is 23.8. The Balaban J connectivity index is 1.44. The molecule has 7 nitrogen and oxygen atoms in total. The summed E-state index contributed by atoms with van der Waals surface area (Å²) in [5, 5.41) is 14.0. The first kappa shape index (κ1) is 23.5. The van der Waals surface area contributed by atoms with Crippen LogP contribution in [0.5, 0.6) is 5.75 Å². The molecule has 4 aromatic rings. The minimum absolute atomic E-state index is 0.131. The summed E-state index contributed by atoms with van der Waals surface area (Å²) >= 11 is 7.32. The Kier molecular flexibility index (Phi) is 7.95. The summed E-state index contributed by atoms with van der Waals surface area (Å²) in [7, 11) is 0. The molecular formula is C25H22ClN5O2S. The zero-order valence-electron chi connectivity index (χ0n) is 18.4. The zero-order valence-corrected chi connectivity index (χ0v) is 20.0. The molecule has 0 radical (unpaired) electrons. The van der Waals surface area contributed by atoms with E-state index < -0.39 is 0 Å². The van der Waals surface area contributed by atoms with Crippen LogP contribution in [0.25, 0.3) is 17.1 Å². The molecule has 0 fully saturated rings. The fourth-order valence-corrected chi connectivity index (χ4v) is 3.99. The second-order valence-corrected chi connectivity index (χ2v) is 8.45. The highest BCUT2D eigenvalue weighted by Gasteiger charge is 2.17. The lowest BCUT2D eigenvalue weighted by molar-refractivity contribution is -0.118. The van der Waals surface area contributed by atoms with Gasteiger partial charge in [-0.15, -0.1) is 10.2 Å². The van der Waals surface area contributed by atoms with Crippen molar-refractivity contribution in [3.05, 3.63) is 89.4 Å². The summed E-state index contributed by atoms with van der Waals surface area (Å²) in [5.41, 5.74) is 5.18. The molecule has 1 heterocycles. The molecule has 0 saturated heterocycles. The second kappa shape index (κ2) is 11.5. The number of carbonyl (C=O) groups is 1. The Morgan fingerprint density at radius 3 is 2.50 bits per heavy atom. The number of benzene rings is 3. The second-order valence-electron chi connectivity index (χ2n) is 7.07. The van der Waals surface area contributed by atoms with E-state index in [0.717, 1.165) is 22.6 Å². The number of para-hydroxylation sites is 1. The van der Waals surface area contributed by atoms with Gasteiger partial charge in [-0.2, -0.15) is 5.10 Å². The van der Waals surface area contributed by atoms with E-state index >= 15 is 0 Å². The quantitative estimate of drug-likeness (QED) is 0.197. The fraction of sp³-hybridized carbons (Fsp3) is 0.120. The van der Waals surface area contributed by atoms with E-state index in [1.807, 2.05) is 90.4 Å². The smallest absolute Gasteiger partial charge is 0.250 e. The summed E-state index contributed by atoms with van der Waals surface area (Å²) in [6.45, 7) is 2.55. The lowest BCUT2D eigenvalue weighted by Gasteiger charge is -2.10. The topological polar surface area (TPSA) is 81.4 Å². The molecule has 172 valence electrons. The molecule has 34 heavy (non-hydrogen) atoms. The number of thioether (sulfide) groups is 1. The molecule has 0 bridgehead atoms. The molecule has 1 aromatic heterocycles. The highest BCUT2D eigenvalue weighted by molar-refractivity contribution is 7.99. The highest BCUT2D eigenvalue weighted by Crippen LogP contribution is 2.28. The summed E-state index contributed by atoms with van der Waals surface area (Å²) < 4.78 is 7.34. The third kappa shape index (κ3) is 6.03. The molecule has 0 unspecified atom stereocenters. The molecule has 0 aliphatic heterocycles. The number of hydrazone groups is 1. The minimum Gasteiger partial charge on any atom is -0.494 e. The van der Waals surface area contributed by atoms with Crippen LogP contribution in [0.4, 0.5) is 0 Å². The van der Waals surface area contributed by atoms with E-state index in [4.69, 9.17) is 16.3 Å². The standard InChI is InChI=1S/C25H22ClN5O2S/c1-2-33-22-14-8-18(9-15-22)16-27-28-23(32)17-34-25-30-29-24(19-10-12-20(26)13-11-19)31(25)21-6-4-3-5-7-21/h3-16H,2,17H2,1H3,(H,28,32). The van der Waals surface area contributed by atoms with Gasteiger partial charge in [0.15, 0.2) is 11.0 Å². The molecule has 1 amide bonds. The van der Waals surface area contributed by atoms with Crippen LogP contribution in [0.1, 0.15) is 12.5 Å². The van der Waals surface area contributed by atoms with Gasteiger partial charge in [-0.05, 0) is 73.2 Å². The number of nitrogens with zero attached hydrogens (tertiary/aromatic N) is 4. The predicted octanol–water partition coefficient (Wildman–Crippen LogP) is 5.23. The maximum Gasteiger partial charge on any atom is 0.250 e. The third-order valence-corrected chi connectivity index (χ3v) is 5.86. The fourth-order valence-electron chi connectivity index (χ4n) is 3.12. The number of rotatable bonds is 9. The number of aromatic nitrogens is 3. The van der Waals surface area contributed by atoms with Crippen LogP contribution in [0.15, 0.2) is 89.1 Å². The third-order valence-electron chi connectivity index (χ3n) is 4.68. The molecule has 0 atom stereocenters. The molecule has 1 N–H and O–H groups in total. The minimum atomic E-state index is -0.247. The van der Waals surface area contributed by atoms with Crippen molar-refractivity contribution in [2.24, 2.45) is 5.10 Å². The Morgan fingerprint density at radius 1 is 1.06 bits per heavy atom. The average Bonchev–Trinajstić information content (AvgIpc) is 3.29. The monoisotopic (exact) mass is 491 g/mol. The Bertz CT molecular complexity index is 1260. The molecule has 0 spiro atoms. The van der Waals surface area contributed by atoms with Gasteiger partial charge in [-0.1, -0.05) is 41.6 Å². The summed E-state index contributed by atoms with van der Waals surface area (Å²) in [4.78, 5) is 12.4. The van der Waals surface area contributed by atoms with Gasteiger partial charge in [-0.3, -0.25) is 9.36 Å². The molecule has 3 aromatic carbocycles. The van der Waals surface area contributed by atoms with Crippen molar-refractivity contribution in [1.82, 2.24) is 20.2 Å². The van der Waals surface area contributed by atoms with Crippen molar-refractivity contribution in [2.75, 3.05) is 12.4 Å². The van der Waals surface area contributed by atoms with E-state index in [1.165, 1.54) is 11.8 Å². The maximum absolute atomic E-state index is 12.4. The Hall–Kier alpha value is -3.62. The van der Waals surface area contributed by atoms with Gasteiger partial charge in [0.05, 0.1) is 18.6 Å². The first-order valence-electron chi connectivity index (χ1n) is 10.6. The number of carbonyl (C=O) groups excluding carboxylic acids is 1. The van der Waals surface area contributed by atoms with Gasteiger partial charge in [0.25, 0.3) is 5.91 Å². The van der Waals surface area contributed by atoms with E-state index in [-0.39, 0.29) is 11.7 Å². The maximum atomic E-state index is 12.4. The van der Waals surface area contributed by atoms with Gasteiger partial charge in [0.2, 0.25) is 0 Å². The van der Waals surface area contributed by atoms with Gasteiger partial charge in [0.1, 0.15) is 5.75 Å². The predicted molar refractivity (Wildman–Crippen MR) is 136 cm³/mol. The molecule has 0 aliphatic rings. The largest absolute Gasteiger partial charge is 0.494 e. The summed E-state index contributed by atoms with van der Waals surface area (Å²) in [6, 6.07) is 24.6. The van der Waals surface area contributed by atoms with E-state index in [1.54, 1.807) is 6.21 Å². The number of ether oxygens (including phenoxy) is 1. The highest BCUT2D eigenvalue weighted by atomic mass is 35.5. The Morgan fingerprint density at radius 2 is 1.79 bits per heavy atom. The number of amides is 1. The SMILES string of the molecule is CCOc1ccc(C=NNC(=O)CSc2nnc(-c3ccc(Cl)cc3)n2-c2ccccc2)cc1. The molecule has 0 saturated carbocycles. The first-order valence-corrected chi connectivity index (χ1v) is 11.9. The average molecular weight is 492 g/mol. The lowest BCUT2D eigenvalue weighted by Crippen LogP contribution is -2.20. The van der Waals surface area contributed by atoms with Crippen molar-refractivity contribution in [2.45, 2.75) is 12.1 Å². The molecule has 4 rings (SSSR count). The number of nitrogens with one attached hydrogen (secondary N) is 1. The number of hydrogen-bond acceptors (Lipinski definition) is 6. The Labute approximate surface area is 206 Å². The van der Waals surface area contributed by atoms with E-state index in [0.29, 0.717) is 22.6 Å². The van der Waals surface area contributed by atoms with Crippen LogP contribution in [0.2, 0.25) is 5.02 Å². The van der Waals surface area contributed by atoms with Gasteiger partial charge in [-0.25, -0.2) is 5.43 Å². The normalized spacial score (nSPS) is 11.0. The van der Waals surface area contributed by atoms with Crippen LogP contribution >= 0.6 is 23.4 Å². The van der Waals surface area contributed by atoms with Crippen molar-refractivity contribution in [3.63, 3.8) is 0 Å². The lowest BCUT2D eigenvalue weighted by atomic mass is 10.2. The summed E-state index contributed by atoms with van der Waals surface area (Å²) in [5.74, 6) is 1.34. The van der Waals surface area contributed by atoms with Crippen molar-refractivity contribution in [3.8, 4) is 22.8 Å². The van der Waals surface area contributed by atoms with Crippen molar-refractivity contribution < 1.29 is 9.53 Å². The van der Waals surface area contributed by atoms with Gasteiger partial charge in [0, 0.05) is 16.3 Å².